The molecular weight excluding hydrogens is 378 g/mol. The minimum atomic E-state index is -0.979. The summed E-state index contributed by atoms with van der Waals surface area (Å²) >= 11 is 2.89. The molecule has 27 heavy (non-hydrogen) atoms. The van der Waals surface area contributed by atoms with Crippen molar-refractivity contribution in [2.45, 2.75) is 61.0 Å². The Morgan fingerprint density at radius 3 is 2.52 bits per heavy atom. The number of hydrogen-bond donors (Lipinski definition) is 2. The summed E-state index contributed by atoms with van der Waals surface area (Å²) in [5.41, 5.74) is 2.55. The van der Waals surface area contributed by atoms with Gasteiger partial charge in [0.15, 0.2) is 5.16 Å². The van der Waals surface area contributed by atoms with Crippen LogP contribution in [0.2, 0.25) is 0 Å². The molecule has 1 aliphatic carbocycles. The molecule has 1 fully saturated rings. The van der Waals surface area contributed by atoms with Crippen molar-refractivity contribution in [3.63, 3.8) is 0 Å². The normalized spacial score (nSPS) is 14.9. The maximum absolute atomic E-state index is 12.0. The molecule has 1 aromatic heterocycles. The molecular formula is C20H25N3O2S2. The Morgan fingerprint density at radius 2 is 1.89 bits per heavy atom. The largest absolute Gasteiger partial charge is 0.477 e. The summed E-state index contributed by atoms with van der Waals surface area (Å²) in [6.45, 7) is 2.05. The number of carbonyl (C=O) groups is 1. The molecule has 1 aliphatic rings. The summed E-state index contributed by atoms with van der Waals surface area (Å²) in [5, 5.41) is 14.4. The molecule has 1 saturated carbocycles. The highest BCUT2D eigenvalue weighted by Gasteiger charge is 2.23. The molecule has 144 valence electrons. The minimum Gasteiger partial charge on any atom is -0.477 e. The van der Waals surface area contributed by atoms with Crippen molar-refractivity contribution < 1.29 is 9.90 Å². The summed E-state index contributed by atoms with van der Waals surface area (Å²) in [4.78, 5) is 21.0. The second kappa shape index (κ2) is 9.46. The van der Waals surface area contributed by atoms with E-state index in [-0.39, 0.29) is 11.6 Å². The molecule has 5 nitrogen and oxygen atoms in total. The highest BCUT2D eigenvalue weighted by Crippen LogP contribution is 2.32. The highest BCUT2D eigenvalue weighted by molar-refractivity contribution is 7.99. The third kappa shape index (κ3) is 5.39. The van der Waals surface area contributed by atoms with E-state index >= 15 is 0 Å². The molecule has 7 heteroatoms. The van der Waals surface area contributed by atoms with Gasteiger partial charge in [0.05, 0.1) is 0 Å². The van der Waals surface area contributed by atoms with Crippen LogP contribution in [-0.4, -0.2) is 33.3 Å². The average molecular weight is 404 g/mol. The first-order valence-electron chi connectivity index (χ1n) is 9.21. The van der Waals surface area contributed by atoms with Crippen molar-refractivity contribution in [3.05, 3.63) is 41.0 Å². The molecule has 0 spiro atoms. The summed E-state index contributed by atoms with van der Waals surface area (Å²) in [6, 6.07) is 8.56. The molecule has 3 rings (SSSR count). The number of nitrogens with zero attached hydrogens (tertiary/aromatic N) is 2. The van der Waals surface area contributed by atoms with Crippen molar-refractivity contribution >= 4 is 35.3 Å². The first-order chi connectivity index (χ1) is 13.1. The highest BCUT2D eigenvalue weighted by atomic mass is 32.2. The van der Waals surface area contributed by atoms with Crippen LogP contribution in [0, 0.1) is 6.92 Å². The van der Waals surface area contributed by atoms with Gasteiger partial charge in [-0.05, 0) is 31.6 Å². The number of aryl methyl sites for hydroxylation is 1. The van der Waals surface area contributed by atoms with Crippen LogP contribution in [0.25, 0.3) is 0 Å². The number of carboxylic acid groups (broad SMARTS) is 1. The Labute approximate surface area is 168 Å². The van der Waals surface area contributed by atoms with Gasteiger partial charge in [-0.1, -0.05) is 60.9 Å². The Balaban J connectivity index is 1.87. The summed E-state index contributed by atoms with van der Waals surface area (Å²) in [7, 11) is 0. The molecule has 1 aromatic carbocycles. The van der Waals surface area contributed by atoms with Crippen molar-refractivity contribution in [1.82, 2.24) is 9.97 Å². The second-order valence-electron chi connectivity index (χ2n) is 6.80. The molecule has 2 N–H and O–H groups in total. The third-order valence-electron chi connectivity index (χ3n) is 4.69. The number of aromatic nitrogens is 2. The van der Waals surface area contributed by atoms with E-state index in [9.17, 15) is 9.90 Å². The summed E-state index contributed by atoms with van der Waals surface area (Å²) < 4.78 is 0. The summed E-state index contributed by atoms with van der Waals surface area (Å²) in [5.74, 6) is 0.154. The molecule has 0 aliphatic heterocycles. The predicted octanol–water partition coefficient (Wildman–Crippen LogP) is 5.24. The van der Waals surface area contributed by atoms with E-state index in [0.29, 0.717) is 21.8 Å². The number of aromatic carboxylic acids is 1. The summed E-state index contributed by atoms with van der Waals surface area (Å²) in [6.07, 6.45) is 7.63. The second-order valence-corrected chi connectivity index (χ2v) is 8.54. The van der Waals surface area contributed by atoms with Crippen LogP contribution >= 0.6 is 23.5 Å². The van der Waals surface area contributed by atoms with Gasteiger partial charge >= 0.3 is 5.97 Å². The predicted molar refractivity (Wildman–Crippen MR) is 112 cm³/mol. The molecule has 0 unspecified atom stereocenters. The lowest BCUT2D eigenvalue weighted by molar-refractivity contribution is 0.0692. The molecule has 1 heterocycles. The van der Waals surface area contributed by atoms with E-state index in [1.165, 1.54) is 48.3 Å². The monoisotopic (exact) mass is 403 g/mol. The van der Waals surface area contributed by atoms with Crippen LogP contribution in [0.4, 0.5) is 5.82 Å². The van der Waals surface area contributed by atoms with E-state index in [0.717, 1.165) is 18.4 Å². The minimum absolute atomic E-state index is 0.190. The first kappa shape index (κ1) is 20.0. The Bertz CT molecular complexity index is 791. The molecule has 0 bridgehead atoms. The number of anilines is 1. The van der Waals surface area contributed by atoms with Crippen molar-refractivity contribution in [2.24, 2.45) is 0 Å². The van der Waals surface area contributed by atoms with Gasteiger partial charge in [-0.3, -0.25) is 0 Å². The maximum atomic E-state index is 12.0. The molecule has 0 radical (unpaired) electrons. The number of benzene rings is 1. The van der Waals surface area contributed by atoms with Crippen LogP contribution in [-0.2, 0) is 5.75 Å². The van der Waals surface area contributed by atoms with E-state index < -0.39 is 5.97 Å². The van der Waals surface area contributed by atoms with Gasteiger partial charge < -0.3 is 10.4 Å². The van der Waals surface area contributed by atoms with Crippen LogP contribution in [0.1, 0.15) is 53.6 Å². The van der Waals surface area contributed by atoms with Crippen LogP contribution in [0.3, 0.4) is 0 Å². The number of hydrogen-bond acceptors (Lipinski definition) is 6. The van der Waals surface area contributed by atoms with Gasteiger partial charge in [-0.15, -0.1) is 11.8 Å². The lowest BCUT2D eigenvalue weighted by Gasteiger charge is -2.24. The molecule has 0 amide bonds. The van der Waals surface area contributed by atoms with Crippen molar-refractivity contribution in [3.8, 4) is 0 Å². The molecule has 2 aromatic rings. The van der Waals surface area contributed by atoms with Gasteiger partial charge in [0.1, 0.15) is 16.4 Å². The zero-order valence-electron chi connectivity index (χ0n) is 15.7. The van der Waals surface area contributed by atoms with Gasteiger partial charge in [-0.25, -0.2) is 14.8 Å². The average Bonchev–Trinajstić information content (AvgIpc) is 2.67. The SMILES string of the molecule is CSc1nc(NC2CCCCC2)c(C(=O)O)c(SCc2ccc(C)cc2)n1. The maximum Gasteiger partial charge on any atom is 0.342 e. The van der Waals surface area contributed by atoms with Gasteiger partial charge in [-0.2, -0.15) is 0 Å². The Morgan fingerprint density at radius 1 is 1.19 bits per heavy atom. The fourth-order valence-corrected chi connectivity index (χ4v) is 4.59. The quantitative estimate of drug-likeness (QED) is 0.372. The van der Waals surface area contributed by atoms with Gasteiger partial charge in [0.2, 0.25) is 0 Å². The van der Waals surface area contributed by atoms with E-state index in [4.69, 9.17) is 0 Å². The number of rotatable bonds is 7. The number of thioether (sulfide) groups is 2. The zero-order valence-corrected chi connectivity index (χ0v) is 17.3. The first-order valence-corrected chi connectivity index (χ1v) is 11.4. The van der Waals surface area contributed by atoms with Crippen LogP contribution in [0.5, 0.6) is 0 Å². The van der Waals surface area contributed by atoms with E-state index in [2.05, 4.69) is 46.5 Å². The van der Waals surface area contributed by atoms with Gasteiger partial charge in [0.25, 0.3) is 0 Å². The molecule has 0 atom stereocenters. The molecule has 0 saturated heterocycles. The third-order valence-corrected chi connectivity index (χ3v) is 6.29. The van der Waals surface area contributed by atoms with E-state index in [1.807, 2.05) is 6.26 Å². The fraction of sp³-hybridized carbons (Fsp3) is 0.450. The van der Waals surface area contributed by atoms with Crippen LogP contribution < -0.4 is 5.32 Å². The fourth-order valence-electron chi connectivity index (χ4n) is 3.19. The zero-order chi connectivity index (χ0) is 19.2. The smallest absolute Gasteiger partial charge is 0.342 e. The van der Waals surface area contributed by atoms with Gasteiger partial charge in [0, 0.05) is 11.8 Å². The lowest BCUT2D eigenvalue weighted by atomic mass is 9.95. The standard InChI is InChI=1S/C20H25N3O2S2/c1-13-8-10-14(11-9-13)12-27-18-16(19(24)25)17(22-20(23-18)26-2)21-15-6-4-3-5-7-15/h8-11,15H,3-7,12H2,1-2H3,(H,24,25)(H,21,22,23). The number of nitrogens with one attached hydrogen (secondary N) is 1. The number of carboxylic acids is 1. The lowest BCUT2D eigenvalue weighted by Crippen LogP contribution is -2.25. The van der Waals surface area contributed by atoms with Crippen LogP contribution in [0.15, 0.2) is 34.4 Å². The van der Waals surface area contributed by atoms with Crippen molar-refractivity contribution in [2.75, 3.05) is 11.6 Å². The topological polar surface area (TPSA) is 75.1 Å². The van der Waals surface area contributed by atoms with E-state index in [1.54, 1.807) is 0 Å². The Kier molecular flexibility index (Phi) is 7.01. The Hall–Kier alpha value is -1.73. The van der Waals surface area contributed by atoms with Crippen molar-refractivity contribution in [1.29, 1.82) is 0 Å².